The number of nitro groups is 1. The van der Waals surface area contributed by atoms with Gasteiger partial charge in [0.25, 0.3) is 5.69 Å². The van der Waals surface area contributed by atoms with Gasteiger partial charge in [-0.1, -0.05) is 13.8 Å². The van der Waals surface area contributed by atoms with Gasteiger partial charge in [-0.05, 0) is 39.0 Å². The van der Waals surface area contributed by atoms with Gasteiger partial charge >= 0.3 is 0 Å². The summed E-state index contributed by atoms with van der Waals surface area (Å²) < 4.78 is 0. The summed E-state index contributed by atoms with van der Waals surface area (Å²) in [5, 5.41) is 20.9. The fraction of sp³-hybridized carbons (Fsp3) is 0.643. The van der Waals surface area contributed by atoms with Crippen LogP contribution in [-0.2, 0) is 6.42 Å². The molecule has 5 nitrogen and oxygen atoms in total. The highest BCUT2D eigenvalue weighted by Crippen LogP contribution is 2.25. The van der Waals surface area contributed by atoms with Crippen LogP contribution in [0.15, 0.2) is 6.20 Å². The molecule has 0 radical (unpaired) electrons. The molecule has 1 atom stereocenters. The van der Waals surface area contributed by atoms with E-state index in [-0.39, 0.29) is 16.7 Å². The van der Waals surface area contributed by atoms with Gasteiger partial charge < -0.3 is 5.11 Å². The molecule has 1 aromatic heterocycles. The lowest BCUT2D eigenvalue weighted by molar-refractivity contribution is -0.386. The Morgan fingerprint density at radius 3 is 2.58 bits per heavy atom. The van der Waals surface area contributed by atoms with Gasteiger partial charge in [0.2, 0.25) is 0 Å². The third kappa shape index (κ3) is 4.28. The van der Waals surface area contributed by atoms with Crippen molar-refractivity contribution >= 4 is 5.69 Å². The van der Waals surface area contributed by atoms with Crippen molar-refractivity contribution in [1.82, 2.24) is 4.98 Å². The van der Waals surface area contributed by atoms with Crippen LogP contribution in [0.5, 0.6) is 0 Å². The number of rotatable bonds is 6. The molecule has 0 saturated carbocycles. The van der Waals surface area contributed by atoms with E-state index in [9.17, 15) is 15.2 Å². The van der Waals surface area contributed by atoms with Crippen LogP contribution in [0.2, 0.25) is 0 Å². The number of aromatic nitrogens is 1. The molecule has 1 unspecified atom stereocenters. The van der Waals surface area contributed by atoms with Crippen molar-refractivity contribution in [2.24, 2.45) is 5.92 Å². The van der Waals surface area contributed by atoms with E-state index < -0.39 is 0 Å². The highest BCUT2D eigenvalue weighted by Gasteiger charge is 2.19. The Kier molecular flexibility index (Phi) is 5.42. The summed E-state index contributed by atoms with van der Waals surface area (Å²) in [6, 6.07) is 0. The van der Waals surface area contributed by atoms with Crippen LogP contribution in [0.1, 0.15) is 43.5 Å². The standard InChI is InChI=1S/C14H22N2O3/c1-9(2)7-12(17)5-6-13-11(4)14(16(18)19)10(3)8-15-13/h8-9,12,17H,5-7H2,1-4H3. The zero-order chi connectivity index (χ0) is 14.6. The maximum atomic E-state index is 11.0. The molecule has 0 amide bonds. The number of aryl methyl sites for hydroxylation is 2. The number of hydrogen-bond acceptors (Lipinski definition) is 4. The average molecular weight is 266 g/mol. The second-order valence-corrected chi connectivity index (χ2v) is 5.44. The predicted octanol–water partition coefficient (Wildman–Crippen LogP) is 2.95. The average Bonchev–Trinajstić information content (AvgIpc) is 2.26. The van der Waals surface area contributed by atoms with E-state index >= 15 is 0 Å². The Labute approximate surface area is 113 Å². The fourth-order valence-corrected chi connectivity index (χ4v) is 2.26. The van der Waals surface area contributed by atoms with Crippen LogP contribution in [0, 0.1) is 29.9 Å². The molecular weight excluding hydrogens is 244 g/mol. The van der Waals surface area contributed by atoms with Gasteiger partial charge in [-0.3, -0.25) is 15.1 Å². The molecule has 5 heteroatoms. The molecule has 1 aromatic rings. The van der Waals surface area contributed by atoms with Crippen molar-refractivity contribution in [2.45, 2.75) is 53.1 Å². The van der Waals surface area contributed by atoms with E-state index in [0.29, 0.717) is 35.6 Å². The van der Waals surface area contributed by atoms with Crippen molar-refractivity contribution in [2.75, 3.05) is 0 Å². The van der Waals surface area contributed by atoms with Crippen molar-refractivity contribution in [1.29, 1.82) is 0 Å². The smallest absolute Gasteiger partial charge is 0.278 e. The lowest BCUT2D eigenvalue weighted by Crippen LogP contribution is -2.12. The Morgan fingerprint density at radius 2 is 2.05 bits per heavy atom. The van der Waals surface area contributed by atoms with Crippen molar-refractivity contribution < 1.29 is 10.0 Å². The summed E-state index contributed by atoms with van der Waals surface area (Å²) in [5.74, 6) is 0.441. The first-order valence-electron chi connectivity index (χ1n) is 6.60. The van der Waals surface area contributed by atoms with Crippen molar-refractivity contribution in [3.05, 3.63) is 33.1 Å². The lowest BCUT2D eigenvalue weighted by Gasteiger charge is -2.13. The van der Waals surface area contributed by atoms with Gasteiger partial charge in [-0.2, -0.15) is 0 Å². The molecule has 0 saturated heterocycles. The minimum atomic E-state index is -0.374. The highest BCUT2D eigenvalue weighted by molar-refractivity contribution is 5.47. The quantitative estimate of drug-likeness (QED) is 0.634. The summed E-state index contributed by atoms with van der Waals surface area (Å²) >= 11 is 0. The van der Waals surface area contributed by atoms with E-state index in [1.807, 2.05) is 0 Å². The first-order chi connectivity index (χ1) is 8.82. The number of pyridine rings is 1. The predicted molar refractivity (Wildman–Crippen MR) is 74.1 cm³/mol. The largest absolute Gasteiger partial charge is 0.393 e. The second kappa shape index (κ2) is 6.61. The maximum Gasteiger partial charge on any atom is 0.278 e. The number of aliphatic hydroxyl groups is 1. The monoisotopic (exact) mass is 266 g/mol. The summed E-state index contributed by atoms with van der Waals surface area (Å²) in [6.45, 7) is 7.53. The molecule has 19 heavy (non-hydrogen) atoms. The zero-order valence-corrected chi connectivity index (χ0v) is 12.0. The summed E-state index contributed by atoms with van der Waals surface area (Å²) in [5.41, 5.74) is 2.04. The highest BCUT2D eigenvalue weighted by atomic mass is 16.6. The Morgan fingerprint density at radius 1 is 1.42 bits per heavy atom. The van der Waals surface area contributed by atoms with E-state index in [4.69, 9.17) is 0 Å². The van der Waals surface area contributed by atoms with Crippen LogP contribution < -0.4 is 0 Å². The molecule has 0 aliphatic rings. The van der Waals surface area contributed by atoms with Gasteiger partial charge in [-0.25, -0.2) is 0 Å². The molecule has 1 heterocycles. The van der Waals surface area contributed by atoms with E-state index in [2.05, 4.69) is 18.8 Å². The summed E-state index contributed by atoms with van der Waals surface area (Å²) in [7, 11) is 0. The van der Waals surface area contributed by atoms with Crippen LogP contribution >= 0.6 is 0 Å². The van der Waals surface area contributed by atoms with E-state index in [1.165, 1.54) is 6.20 Å². The molecule has 0 spiro atoms. The SMILES string of the molecule is Cc1cnc(CCC(O)CC(C)C)c(C)c1[N+](=O)[O-]. The number of hydrogen-bond donors (Lipinski definition) is 1. The first-order valence-corrected chi connectivity index (χ1v) is 6.60. The van der Waals surface area contributed by atoms with Crippen molar-refractivity contribution in [3.8, 4) is 0 Å². The molecule has 0 fully saturated rings. The van der Waals surface area contributed by atoms with Gasteiger partial charge in [0.05, 0.1) is 16.7 Å². The van der Waals surface area contributed by atoms with Crippen LogP contribution in [0.3, 0.4) is 0 Å². The topological polar surface area (TPSA) is 76.3 Å². The van der Waals surface area contributed by atoms with Crippen LogP contribution in [-0.4, -0.2) is 21.1 Å². The van der Waals surface area contributed by atoms with Crippen molar-refractivity contribution in [3.63, 3.8) is 0 Å². The van der Waals surface area contributed by atoms with Crippen LogP contribution in [0.4, 0.5) is 5.69 Å². The Hall–Kier alpha value is -1.49. The third-order valence-corrected chi connectivity index (χ3v) is 3.22. The van der Waals surface area contributed by atoms with Gasteiger partial charge in [0, 0.05) is 17.3 Å². The van der Waals surface area contributed by atoms with E-state index in [1.54, 1.807) is 13.8 Å². The molecule has 0 aromatic carbocycles. The minimum absolute atomic E-state index is 0.142. The van der Waals surface area contributed by atoms with Gasteiger partial charge in [0.1, 0.15) is 0 Å². The van der Waals surface area contributed by atoms with Crippen LogP contribution in [0.25, 0.3) is 0 Å². The third-order valence-electron chi connectivity index (χ3n) is 3.22. The first kappa shape index (κ1) is 15.6. The lowest BCUT2D eigenvalue weighted by atomic mass is 9.99. The molecule has 1 rings (SSSR count). The minimum Gasteiger partial charge on any atom is -0.393 e. The number of nitrogens with zero attached hydrogens (tertiary/aromatic N) is 2. The Balaban J connectivity index is 2.80. The molecule has 0 bridgehead atoms. The fourth-order valence-electron chi connectivity index (χ4n) is 2.26. The zero-order valence-electron chi connectivity index (χ0n) is 12.0. The molecule has 1 N–H and O–H groups in total. The van der Waals surface area contributed by atoms with Gasteiger partial charge in [0.15, 0.2) is 0 Å². The van der Waals surface area contributed by atoms with E-state index in [0.717, 1.165) is 6.42 Å². The second-order valence-electron chi connectivity index (χ2n) is 5.44. The molecule has 0 aliphatic heterocycles. The Bertz CT molecular complexity index is 458. The molecular formula is C14H22N2O3. The maximum absolute atomic E-state index is 11.0. The molecule has 106 valence electrons. The summed E-state index contributed by atoms with van der Waals surface area (Å²) in [6.07, 6.45) is 3.07. The summed E-state index contributed by atoms with van der Waals surface area (Å²) in [4.78, 5) is 14.9. The normalized spacial score (nSPS) is 12.7. The molecule has 0 aliphatic carbocycles. The van der Waals surface area contributed by atoms with Gasteiger partial charge in [-0.15, -0.1) is 0 Å². The number of aliphatic hydroxyl groups excluding tert-OH is 1.